The van der Waals surface area contributed by atoms with Crippen LogP contribution >= 0.6 is 0 Å². The van der Waals surface area contributed by atoms with Crippen molar-refractivity contribution in [1.29, 1.82) is 0 Å². The highest BCUT2D eigenvalue weighted by molar-refractivity contribution is 7.00. The van der Waals surface area contributed by atoms with Crippen molar-refractivity contribution in [2.24, 2.45) is 0 Å². The van der Waals surface area contributed by atoms with Crippen LogP contribution in [0.5, 0.6) is 0 Å². The molecule has 0 N–H and O–H groups in total. The molecule has 0 saturated heterocycles. The average molecular weight is 963 g/mol. The lowest BCUT2D eigenvalue weighted by atomic mass is 9.33. The minimum absolute atomic E-state index is 0.0168. The maximum atomic E-state index is 5.51. The molecule has 0 radical (unpaired) electrons. The van der Waals surface area contributed by atoms with Crippen LogP contribution in [0.15, 0.2) is 224 Å². The van der Waals surface area contributed by atoms with Gasteiger partial charge in [0.15, 0.2) is 5.82 Å². The number of hydrogen-bond donors (Lipinski definition) is 0. The molecule has 0 saturated carbocycles. The summed E-state index contributed by atoms with van der Waals surface area (Å²) in [5.41, 5.74) is 17.9. The summed E-state index contributed by atoms with van der Waals surface area (Å²) in [5.74, 6) is 0.670. The van der Waals surface area contributed by atoms with E-state index in [1.165, 1.54) is 70.6 Å². The molecule has 0 spiro atoms. The van der Waals surface area contributed by atoms with E-state index in [-0.39, 0.29) is 17.5 Å². The summed E-state index contributed by atoms with van der Waals surface area (Å²) in [5, 5.41) is 9.90. The van der Waals surface area contributed by atoms with Crippen LogP contribution < -0.4 is 26.2 Å². The van der Waals surface area contributed by atoms with Gasteiger partial charge < -0.3 is 9.80 Å². The standard InChI is InChI=1S/C70H55BN4/c1-69(2,3)51-29-33-53(34-30-51)74-63-37-48-27-25-44-17-13-15-23-55(44)57(48)41-59(63)71-60-42-58-49(28-26-45-18-14-16-24-56(45)58)38-64(60)75(54-35-31-52(32-36-54)70(4,5)6)66-40-50(39-65(74)67(66)71)68-72-61(46-19-9-7-10-20-46)43-62(73-68)47-21-11-8-12-22-47/h7-43H,1-6H3. The topological polar surface area (TPSA) is 32.3 Å². The average Bonchev–Trinajstić information content (AvgIpc) is 3.46. The number of fused-ring (bicyclic) bond motifs is 10. The second kappa shape index (κ2) is 16.9. The summed E-state index contributed by atoms with van der Waals surface area (Å²) < 4.78 is 0. The molecule has 4 nitrogen and oxygen atoms in total. The third-order valence-electron chi connectivity index (χ3n) is 15.9. The van der Waals surface area contributed by atoms with Crippen LogP contribution in [0.3, 0.4) is 0 Å². The highest BCUT2D eigenvalue weighted by atomic mass is 15.2. The largest absolute Gasteiger partial charge is 0.311 e. The fraction of sp³-hybridized carbons (Fsp3) is 0.114. The van der Waals surface area contributed by atoms with Crippen molar-refractivity contribution in [3.8, 4) is 33.9 Å². The van der Waals surface area contributed by atoms with Gasteiger partial charge >= 0.3 is 0 Å². The molecule has 0 unspecified atom stereocenters. The Labute approximate surface area is 439 Å². The summed E-state index contributed by atoms with van der Waals surface area (Å²) in [4.78, 5) is 16.1. The van der Waals surface area contributed by atoms with E-state index in [1.807, 2.05) is 0 Å². The van der Waals surface area contributed by atoms with E-state index in [9.17, 15) is 0 Å². The van der Waals surface area contributed by atoms with Crippen molar-refractivity contribution in [2.45, 2.75) is 52.4 Å². The molecule has 1 aromatic heterocycles. The van der Waals surface area contributed by atoms with Gasteiger partial charge in [0.2, 0.25) is 0 Å². The van der Waals surface area contributed by atoms with Crippen molar-refractivity contribution in [1.82, 2.24) is 9.97 Å². The molecule has 358 valence electrons. The van der Waals surface area contributed by atoms with Gasteiger partial charge in [0.1, 0.15) is 0 Å². The Bertz CT molecular complexity index is 3980. The Morgan fingerprint density at radius 3 is 1.16 bits per heavy atom. The first-order valence-corrected chi connectivity index (χ1v) is 26.3. The quantitative estimate of drug-likeness (QED) is 0.127. The highest BCUT2D eigenvalue weighted by Crippen LogP contribution is 2.48. The lowest BCUT2D eigenvalue weighted by Crippen LogP contribution is -2.61. The van der Waals surface area contributed by atoms with E-state index in [1.54, 1.807) is 0 Å². The predicted octanol–water partition coefficient (Wildman–Crippen LogP) is 16.8. The molecule has 0 fully saturated rings. The molecule has 5 heteroatoms. The van der Waals surface area contributed by atoms with Crippen LogP contribution in [-0.4, -0.2) is 16.7 Å². The lowest BCUT2D eigenvalue weighted by molar-refractivity contribution is 0.590. The Balaban J connectivity index is 1.13. The zero-order chi connectivity index (χ0) is 50.7. The Morgan fingerprint density at radius 2 is 0.733 bits per heavy atom. The second-order valence-corrected chi connectivity index (χ2v) is 22.7. The number of hydrogen-bond acceptors (Lipinski definition) is 4. The fourth-order valence-corrected chi connectivity index (χ4v) is 12.0. The van der Waals surface area contributed by atoms with Gasteiger partial charge in [-0.25, -0.2) is 9.97 Å². The number of rotatable bonds is 5. The Morgan fingerprint density at radius 1 is 0.333 bits per heavy atom. The third kappa shape index (κ3) is 7.43. The summed E-state index contributed by atoms with van der Waals surface area (Å²) in [6, 6.07) is 83.3. The van der Waals surface area contributed by atoms with Crippen LogP contribution in [0.1, 0.15) is 52.7 Å². The number of nitrogens with zero attached hydrogens (tertiary/aromatic N) is 4. The second-order valence-electron chi connectivity index (χ2n) is 22.7. The van der Waals surface area contributed by atoms with Crippen molar-refractivity contribution >= 4 is 100 Å². The van der Waals surface area contributed by atoms with Crippen molar-refractivity contribution in [3.63, 3.8) is 0 Å². The van der Waals surface area contributed by atoms with E-state index < -0.39 is 0 Å². The molecule has 11 aromatic carbocycles. The van der Waals surface area contributed by atoms with Crippen molar-refractivity contribution < 1.29 is 0 Å². The number of anilines is 6. The molecule has 0 bridgehead atoms. The lowest BCUT2D eigenvalue weighted by Gasteiger charge is -2.45. The van der Waals surface area contributed by atoms with Gasteiger partial charge in [0, 0.05) is 50.8 Å². The molecule has 14 rings (SSSR count). The summed E-state index contributed by atoms with van der Waals surface area (Å²) >= 11 is 0. The third-order valence-corrected chi connectivity index (χ3v) is 15.9. The molecule has 0 amide bonds. The van der Waals surface area contributed by atoms with Gasteiger partial charge in [-0.15, -0.1) is 0 Å². The molecule has 75 heavy (non-hydrogen) atoms. The fourth-order valence-electron chi connectivity index (χ4n) is 12.0. The molecule has 0 aliphatic carbocycles. The molecule has 0 atom stereocenters. The monoisotopic (exact) mass is 962 g/mol. The smallest absolute Gasteiger partial charge is 0.252 e. The van der Waals surface area contributed by atoms with Crippen LogP contribution in [0.4, 0.5) is 34.1 Å². The summed E-state index contributed by atoms with van der Waals surface area (Å²) in [6.07, 6.45) is 0. The van der Waals surface area contributed by atoms with E-state index in [0.717, 1.165) is 62.2 Å². The summed E-state index contributed by atoms with van der Waals surface area (Å²) in [7, 11) is 0. The summed E-state index contributed by atoms with van der Waals surface area (Å²) in [6.45, 7) is 13.6. The number of benzene rings is 11. The van der Waals surface area contributed by atoms with E-state index >= 15 is 0 Å². The molecule has 12 aromatic rings. The van der Waals surface area contributed by atoms with Gasteiger partial charge in [-0.05, 0) is 136 Å². The SMILES string of the molecule is CC(C)(C)c1ccc(N2c3cc4ccc5ccccc5c4cc3B3c4cc5c(ccc6ccccc65)cc4N(c4ccc(C(C)(C)C)cc4)c4cc(-c5nc(-c6ccccc6)cc(-c6ccccc6)n5)cc2c43)cc1. The molecular weight excluding hydrogens is 908 g/mol. The normalized spacial score (nSPS) is 13.1. The van der Waals surface area contributed by atoms with Gasteiger partial charge in [-0.1, -0.05) is 211 Å². The van der Waals surface area contributed by atoms with E-state index in [4.69, 9.17) is 9.97 Å². The van der Waals surface area contributed by atoms with Crippen LogP contribution in [0.25, 0.3) is 77.0 Å². The molecule has 2 aliphatic heterocycles. The van der Waals surface area contributed by atoms with E-state index in [2.05, 4.69) is 276 Å². The number of aromatic nitrogens is 2. The van der Waals surface area contributed by atoms with E-state index in [0.29, 0.717) is 5.82 Å². The van der Waals surface area contributed by atoms with Crippen molar-refractivity contribution in [2.75, 3.05) is 9.80 Å². The van der Waals surface area contributed by atoms with Crippen LogP contribution in [-0.2, 0) is 10.8 Å². The molecule has 2 aliphatic rings. The minimum atomic E-state index is -0.132. The molecule has 3 heterocycles. The maximum Gasteiger partial charge on any atom is 0.252 e. The Kier molecular flexibility index (Phi) is 10.1. The van der Waals surface area contributed by atoms with Gasteiger partial charge in [0.25, 0.3) is 6.71 Å². The van der Waals surface area contributed by atoms with Crippen molar-refractivity contribution in [3.05, 3.63) is 236 Å². The van der Waals surface area contributed by atoms with Gasteiger partial charge in [0.05, 0.1) is 11.4 Å². The van der Waals surface area contributed by atoms with Crippen LogP contribution in [0.2, 0.25) is 0 Å². The first kappa shape index (κ1) is 44.9. The van der Waals surface area contributed by atoms with Crippen LogP contribution in [0, 0.1) is 0 Å². The molecular formula is C70H55BN4. The Hall–Kier alpha value is -8.80. The first-order chi connectivity index (χ1) is 36.4. The van der Waals surface area contributed by atoms with Gasteiger partial charge in [-0.3, -0.25) is 0 Å². The zero-order valence-corrected chi connectivity index (χ0v) is 43.2. The maximum absolute atomic E-state index is 5.51. The predicted molar refractivity (Wildman–Crippen MR) is 320 cm³/mol. The van der Waals surface area contributed by atoms with Gasteiger partial charge in [-0.2, -0.15) is 0 Å². The highest BCUT2D eigenvalue weighted by Gasteiger charge is 2.44. The zero-order valence-electron chi connectivity index (χ0n) is 43.2. The first-order valence-electron chi connectivity index (χ1n) is 26.3. The minimum Gasteiger partial charge on any atom is -0.311 e.